The third-order valence-corrected chi connectivity index (χ3v) is 7.01. The Morgan fingerprint density at radius 1 is 0.958 bits per heavy atom. The minimum Gasteiger partial charge on any atom is -0.241 e. The average Bonchev–Trinajstić information content (AvgIpc) is 2.99. The lowest BCUT2D eigenvalue weighted by Gasteiger charge is -2.25. The summed E-state index contributed by atoms with van der Waals surface area (Å²) in [5.41, 5.74) is 7.45. The van der Waals surface area contributed by atoms with Crippen molar-refractivity contribution in [3.05, 3.63) is 52.0 Å². The second-order valence-corrected chi connectivity index (χ2v) is 8.48. The Morgan fingerprint density at radius 2 is 1.75 bits per heavy atom. The lowest BCUT2D eigenvalue weighted by atomic mass is 9.81. The van der Waals surface area contributed by atoms with Crippen molar-refractivity contribution in [3.8, 4) is 11.1 Å². The molecule has 0 bridgehead atoms. The molecule has 0 fully saturated rings. The highest BCUT2D eigenvalue weighted by Gasteiger charge is 2.27. The molecule has 1 atom stereocenters. The molecule has 2 heterocycles. The number of hydrogen-bond acceptors (Lipinski definition) is 2. The summed E-state index contributed by atoms with van der Waals surface area (Å²) in [6.07, 6.45) is 8.95. The lowest BCUT2D eigenvalue weighted by Crippen LogP contribution is -2.11. The van der Waals surface area contributed by atoms with Crippen LogP contribution in [0.1, 0.15) is 60.2 Å². The van der Waals surface area contributed by atoms with E-state index in [-0.39, 0.29) is 0 Å². The molecule has 0 saturated heterocycles. The highest BCUT2D eigenvalue weighted by Crippen LogP contribution is 2.46. The summed E-state index contributed by atoms with van der Waals surface area (Å²) in [5, 5.41) is 1.49. The third kappa shape index (κ3) is 2.16. The van der Waals surface area contributed by atoms with Crippen LogP contribution in [0.25, 0.3) is 21.3 Å². The van der Waals surface area contributed by atoms with Gasteiger partial charge in [-0.2, -0.15) is 0 Å². The molecule has 1 aromatic carbocycles. The highest BCUT2D eigenvalue weighted by molar-refractivity contribution is 7.19. The van der Waals surface area contributed by atoms with Gasteiger partial charge >= 0.3 is 0 Å². The van der Waals surface area contributed by atoms with E-state index >= 15 is 0 Å². The average molecular weight is 334 g/mol. The first-order valence-electron chi connectivity index (χ1n) is 9.35. The van der Waals surface area contributed by atoms with Gasteiger partial charge in [-0.25, -0.2) is 4.98 Å². The fourth-order valence-electron chi connectivity index (χ4n) is 4.65. The molecule has 0 saturated carbocycles. The summed E-state index contributed by atoms with van der Waals surface area (Å²) in [7, 11) is 0. The largest absolute Gasteiger partial charge is 0.241 e. The van der Waals surface area contributed by atoms with Crippen molar-refractivity contribution in [1.82, 2.24) is 4.98 Å². The van der Waals surface area contributed by atoms with Crippen LogP contribution in [0, 0.1) is 0 Å². The SMILES string of the molecule is C[C@H]1CCCc2c1nc1sc3c(c1c2-c1ccccc1)CCCC3. The number of fused-ring (bicyclic) bond motifs is 4. The number of pyridine rings is 1. The Labute approximate surface area is 147 Å². The van der Waals surface area contributed by atoms with Gasteiger partial charge in [-0.3, -0.25) is 0 Å². The van der Waals surface area contributed by atoms with Crippen molar-refractivity contribution < 1.29 is 0 Å². The number of aromatic nitrogens is 1. The van der Waals surface area contributed by atoms with Gasteiger partial charge in [-0.15, -0.1) is 11.3 Å². The quantitative estimate of drug-likeness (QED) is 0.510. The van der Waals surface area contributed by atoms with Crippen LogP contribution in [-0.2, 0) is 19.3 Å². The minimum absolute atomic E-state index is 0.597. The van der Waals surface area contributed by atoms with Gasteiger partial charge in [0.05, 0.1) is 0 Å². The maximum Gasteiger partial charge on any atom is 0.124 e. The number of thiophene rings is 1. The molecule has 0 amide bonds. The van der Waals surface area contributed by atoms with E-state index in [1.807, 2.05) is 11.3 Å². The van der Waals surface area contributed by atoms with Crippen LogP contribution in [0.3, 0.4) is 0 Å². The molecule has 2 aromatic heterocycles. The van der Waals surface area contributed by atoms with Crippen LogP contribution in [0.4, 0.5) is 0 Å². The van der Waals surface area contributed by atoms with Crippen molar-refractivity contribution in [2.75, 3.05) is 0 Å². The summed E-state index contributed by atoms with van der Waals surface area (Å²) >= 11 is 1.97. The topological polar surface area (TPSA) is 12.9 Å². The Hall–Kier alpha value is -1.67. The molecule has 2 aliphatic carbocycles. The smallest absolute Gasteiger partial charge is 0.124 e. The molecule has 0 aliphatic heterocycles. The van der Waals surface area contributed by atoms with Crippen molar-refractivity contribution >= 4 is 21.6 Å². The molecular weight excluding hydrogens is 310 g/mol. The van der Waals surface area contributed by atoms with Gasteiger partial charge in [0.2, 0.25) is 0 Å². The zero-order valence-corrected chi connectivity index (χ0v) is 15.1. The lowest BCUT2D eigenvalue weighted by molar-refractivity contribution is 0.577. The fraction of sp³-hybridized carbons (Fsp3) is 0.409. The standard InChI is InChI=1S/C22H23NS/c1-14-8-7-12-17-19(15-9-3-2-4-10-15)20-16-11-5-6-13-18(16)24-22(20)23-21(14)17/h2-4,9-10,14H,5-8,11-13H2,1H3/t14-/m0/s1. The van der Waals surface area contributed by atoms with E-state index in [2.05, 4.69) is 37.3 Å². The van der Waals surface area contributed by atoms with Gasteiger partial charge in [0.25, 0.3) is 0 Å². The number of benzene rings is 1. The van der Waals surface area contributed by atoms with Crippen LogP contribution >= 0.6 is 11.3 Å². The predicted octanol–water partition coefficient (Wildman–Crippen LogP) is 6.28. The van der Waals surface area contributed by atoms with Crippen molar-refractivity contribution in [2.45, 2.75) is 57.8 Å². The van der Waals surface area contributed by atoms with Gasteiger partial charge in [0, 0.05) is 16.0 Å². The number of hydrogen-bond donors (Lipinski definition) is 0. The first-order chi connectivity index (χ1) is 11.8. The molecule has 122 valence electrons. The van der Waals surface area contributed by atoms with E-state index < -0.39 is 0 Å². The maximum absolute atomic E-state index is 5.21. The van der Waals surface area contributed by atoms with E-state index in [1.54, 1.807) is 16.0 Å². The second kappa shape index (κ2) is 5.70. The van der Waals surface area contributed by atoms with E-state index in [1.165, 1.54) is 72.0 Å². The van der Waals surface area contributed by atoms with Crippen molar-refractivity contribution in [2.24, 2.45) is 0 Å². The van der Waals surface area contributed by atoms with Crippen LogP contribution < -0.4 is 0 Å². The summed E-state index contributed by atoms with van der Waals surface area (Å²) < 4.78 is 0. The molecule has 2 heteroatoms. The monoisotopic (exact) mass is 333 g/mol. The second-order valence-electron chi connectivity index (χ2n) is 7.40. The number of aryl methyl sites for hydroxylation is 2. The molecule has 0 spiro atoms. The van der Waals surface area contributed by atoms with Gasteiger partial charge in [-0.05, 0) is 73.1 Å². The summed E-state index contributed by atoms with van der Waals surface area (Å²) in [5.74, 6) is 0.597. The minimum atomic E-state index is 0.597. The first-order valence-corrected chi connectivity index (χ1v) is 10.2. The van der Waals surface area contributed by atoms with E-state index in [9.17, 15) is 0 Å². The van der Waals surface area contributed by atoms with Crippen LogP contribution in [0.5, 0.6) is 0 Å². The Morgan fingerprint density at radius 3 is 2.62 bits per heavy atom. The molecule has 0 radical (unpaired) electrons. The van der Waals surface area contributed by atoms with Gasteiger partial charge in [-0.1, -0.05) is 37.3 Å². The molecule has 0 unspecified atom stereocenters. The third-order valence-electron chi connectivity index (χ3n) is 5.83. The first kappa shape index (κ1) is 14.7. The molecule has 0 N–H and O–H groups in total. The van der Waals surface area contributed by atoms with Crippen LogP contribution in [0.2, 0.25) is 0 Å². The zero-order valence-electron chi connectivity index (χ0n) is 14.3. The fourth-order valence-corrected chi connectivity index (χ4v) is 5.93. The van der Waals surface area contributed by atoms with Gasteiger partial charge in [0.1, 0.15) is 4.83 Å². The molecule has 5 rings (SSSR count). The molecule has 3 aromatic rings. The van der Waals surface area contributed by atoms with Crippen LogP contribution in [0.15, 0.2) is 30.3 Å². The Bertz CT molecular complexity index is 907. The van der Waals surface area contributed by atoms with Gasteiger partial charge in [0.15, 0.2) is 0 Å². The zero-order chi connectivity index (χ0) is 16.1. The Kier molecular flexibility index (Phi) is 3.48. The summed E-state index contributed by atoms with van der Waals surface area (Å²) in [6.45, 7) is 2.36. The number of nitrogens with zero attached hydrogens (tertiary/aromatic N) is 1. The van der Waals surface area contributed by atoms with E-state index in [0.717, 1.165) is 0 Å². The molecule has 2 aliphatic rings. The summed E-state index contributed by atoms with van der Waals surface area (Å²) in [4.78, 5) is 8.11. The molecular formula is C22H23NS. The summed E-state index contributed by atoms with van der Waals surface area (Å²) in [6, 6.07) is 11.1. The van der Waals surface area contributed by atoms with E-state index in [4.69, 9.17) is 4.98 Å². The highest BCUT2D eigenvalue weighted by atomic mass is 32.1. The number of rotatable bonds is 1. The van der Waals surface area contributed by atoms with Gasteiger partial charge < -0.3 is 0 Å². The van der Waals surface area contributed by atoms with Crippen molar-refractivity contribution in [1.29, 1.82) is 0 Å². The normalized spacial score (nSPS) is 20.0. The Balaban J connectivity index is 1.90. The molecule has 24 heavy (non-hydrogen) atoms. The van der Waals surface area contributed by atoms with Crippen LogP contribution in [-0.4, -0.2) is 4.98 Å². The molecule has 1 nitrogen and oxygen atoms in total. The van der Waals surface area contributed by atoms with E-state index in [0.29, 0.717) is 5.92 Å². The predicted molar refractivity (Wildman–Crippen MR) is 103 cm³/mol. The maximum atomic E-state index is 5.21. The van der Waals surface area contributed by atoms with Crippen molar-refractivity contribution in [3.63, 3.8) is 0 Å².